The molecule has 2 N–H and O–H groups in total. The number of ether oxygens (including phenoxy) is 1. The van der Waals surface area contributed by atoms with Crippen LogP contribution >= 0.6 is 0 Å². The van der Waals surface area contributed by atoms with Crippen molar-refractivity contribution in [3.63, 3.8) is 0 Å². The summed E-state index contributed by atoms with van der Waals surface area (Å²) < 4.78 is 44.8. The molecule has 1 aliphatic rings. The number of hydrogen-bond donors (Lipinski definition) is 2. The number of esters is 1. The number of carboxylic acids is 1. The summed E-state index contributed by atoms with van der Waals surface area (Å²) in [4.78, 5) is 22.7. The average Bonchev–Trinajstić information content (AvgIpc) is 2.89. The Balaban J connectivity index is 2.37. The van der Waals surface area contributed by atoms with E-state index in [0.29, 0.717) is 0 Å². The van der Waals surface area contributed by atoms with Crippen molar-refractivity contribution in [1.82, 2.24) is 5.32 Å². The van der Waals surface area contributed by atoms with E-state index in [0.717, 1.165) is 12.4 Å². The number of aliphatic carboxylic acids is 1. The van der Waals surface area contributed by atoms with Gasteiger partial charge >= 0.3 is 18.3 Å². The fraction of sp³-hybridized carbons (Fsp3) is 0.167. The SMILES string of the molecule is O=C(O)C1=CNC=C(C(=O)OC(F)(F)F)C1c1ccco1. The van der Waals surface area contributed by atoms with Gasteiger partial charge in [-0.3, -0.25) is 0 Å². The highest BCUT2D eigenvalue weighted by molar-refractivity contribution is 5.97. The lowest BCUT2D eigenvalue weighted by atomic mass is 9.88. The highest BCUT2D eigenvalue weighted by Crippen LogP contribution is 2.35. The predicted octanol–water partition coefficient (Wildman–Crippen LogP) is 1.88. The Morgan fingerprint density at radius 1 is 1.29 bits per heavy atom. The van der Waals surface area contributed by atoms with Gasteiger partial charge in [-0.05, 0) is 12.1 Å². The van der Waals surface area contributed by atoms with Crippen LogP contribution in [0.15, 0.2) is 46.4 Å². The highest BCUT2D eigenvalue weighted by atomic mass is 19.4. The van der Waals surface area contributed by atoms with Crippen molar-refractivity contribution in [2.75, 3.05) is 0 Å². The molecule has 2 rings (SSSR count). The van der Waals surface area contributed by atoms with E-state index in [4.69, 9.17) is 9.52 Å². The zero-order chi connectivity index (χ0) is 15.6. The molecule has 21 heavy (non-hydrogen) atoms. The second-order valence-electron chi connectivity index (χ2n) is 3.95. The van der Waals surface area contributed by atoms with E-state index in [1.54, 1.807) is 0 Å². The minimum absolute atomic E-state index is 0.00974. The van der Waals surface area contributed by atoms with E-state index in [2.05, 4.69) is 10.1 Å². The fourth-order valence-electron chi connectivity index (χ4n) is 1.84. The Morgan fingerprint density at radius 2 is 1.95 bits per heavy atom. The van der Waals surface area contributed by atoms with Crippen molar-refractivity contribution in [3.8, 4) is 0 Å². The average molecular weight is 303 g/mol. The van der Waals surface area contributed by atoms with Gasteiger partial charge in [-0.25, -0.2) is 9.59 Å². The number of dihydropyridines is 1. The maximum Gasteiger partial charge on any atom is 0.575 e. The number of hydrogen-bond acceptors (Lipinski definition) is 5. The lowest BCUT2D eigenvalue weighted by Crippen LogP contribution is -2.29. The number of alkyl halides is 3. The Bertz CT molecular complexity index is 615. The van der Waals surface area contributed by atoms with E-state index in [1.165, 1.54) is 18.4 Å². The van der Waals surface area contributed by atoms with E-state index >= 15 is 0 Å². The molecular weight excluding hydrogens is 295 g/mol. The topological polar surface area (TPSA) is 88.8 Å². The Hall–Kier alpha value is -2.71. The van der Waals surface area contributed by atoms with Crippen LogP contribution in [-0.4, -0.2) is 23.4 Å². The third-order valence-corrected chi connectivity index (χ3v) is 2.62. The van der Waals surface area contributed by atoms with Gasteiger partial charge in [-0.1, -0.05) is 0 Å². The lowest BCUT2D eigenvalue weighted by Gasteiger charge is -2.22. The van der Waals surface area contributed by atoms with Gasteiger partial charge in [0.15, 0.2) is 0 Å². The molecule has 1 atom stereocenters. The minimum Gasteiger partial charge on any atom is -0.478 e. The van der Waals surface area contributed by atoms with Crippen LogP contribution in [0.25, 0.3) is 0 Å². The van der Waals surface area contributed by atoms with E-state index in [-0.39, 0.29) is 11.3 Å². The summed E-state index contributed by atoms with van der Waals surface area (Å²) in [5.74, 6) is -4.40. The number of rotatable bonds is 3. The van der Waals surface area contributed by atoms with Crippen molar-refractivity contribution >= 4 is 11.9 Å². The van der Waals surface area contributed by atoms with E-state index in [1.807, 2.05) is 0 Å². The molecule has 0 aromatic carbocycles. The van der Waals surface area contributed by atoms with Gasteiger partial charge < -0.3 is 19.6 Å². The van der Waals surface area contributed by atoms with Gasteiger partial charge in [0.2, 0.25) is 0 Å². The van der Waals surface area contributed by atoms with Crippen molar-refractivity contribution in [1.29, 1.82) is 0 Å². The maximum atomic E-state index is 12.1. The monoisotopic (exact) mass is 303 g/mol. The van der Waals surface area contributed by atoms with Crippen LogP contribution in [0, 0.1) is 0 Å². The molecule has 1 aromatic heterocycles. The number of nitrogens with one attached hydrogen (secondary N) is 1. The van der Waals surface area contributed by atoms with Gasteiger partial charge in [0, 0.05) is 12.4 Å². The van der Waals surface area contributed by atoms with Crippen LogP contribution in [-0.2, 0) is 14.3 Å². The van der Waals surface area contributed by atoms with Crippen LogP contribution in [0.5, 0.6) is 0 Å². The summed E-state index contributed by atoms with van der Waals surface area (Å²) in [6.07, 6.45) is -1.96. The van der Waals surface area contributed by atoms with Gasteiger partial charge in [-0.15, -0.1) is 13.2 Å². The number of carboxylic acid groups (broad SMARTS) is 1. The van der Waals surface area contributed by atoms with Crippen LogP contribution < -0.4 is 5.32 Å². The molecule has 0 fully saturated rings. The molecule has 1 aliphatic heterocycles. The molecule has 0 aliphatic carbocycles. The second kappa shape index (κ2) is 5.35. The molecular formula is C12H8F3NO5. The molecule has 0 spiro atoms. The molecule has 2 heterocycles. The summed E-state index contributed by atoms with van der Waals surface area (Å²) in [6.45, 7) is 0. The van der Waals surface area contributed by atoms with Gasteiger partial charge in [0.1, 0.15) is 5.76 Å². The zero-order valence-electron chi connectivity index (χ0n) is 10.2. The fourth-order valence-corrected chi connectivity index (χ4v) is 1.84. The number of halogens is 3. The first-order valence-electron chi connectivity index (χ1n) is 5.52. The van der Waals surface area contributed by atoms with Gasteiger partial charge in [-0.2, -0.15) is 0 Å². The number of furan rings is 1. The summed E-state index contributed by atoms with van der Waals surface area (Å²) in [6, 6.07) is 2.77. The summed E-state index contributed by atoms with van der Waals surface area (Å²) >= 11 is 0. The highest BCUT2D eigenvalue weighted by Gasteiger charge is 2.40. The van der Waals surface area contributed by atoms with Crippen LogP contribution in [0.4, 0.5) is 13.2 Å². The smallest absolute Gasteiger partial charge is 0.478 e. The predicted molar refractivity (Wildman–Crippen MR) is 60.5 cm³/mol. The van der Waals surface area contributed by atoms with Crippen LogP contribution in [0.2, 0.25) is 0 Å². The lowest BCUT2D eigenvalue weighted by molar-refractivity contribution is -0.303. The molecule has 1 aromatic rings. The standard InChI is InChI=1S/C12H8F3NO5/c13-12(14,15)21-11(19)7-5-16-4-6(10(17)18)9(7)8-2-1-3-20-8/h1-5,9,16H,(H,17,18). The Kier molecular flexibility index (Phi) is 3.74. The largest absolute Gasteiger partial charge is 0.575 e. The summed E-state index contributed by atoms with van der Waals surface area (Å²) in [5.41, 5.74) is -0.872. The first kappa shape index (κ1) is 14.7. The number of carbonyl (C=O) groups is 2. The summed E-state index contributed by atoms with van der Waals surface area (Å²) in [7, 11) is 0. The molecule has 0 amide bonds. The first-order chi connectivity index (χ1) is 9.79. The molecule has 0 bridgehead atoms. The molecule has 112 valence electrons. The zero-order valence-corrected chi connectivity index (χ0v) is 10.2. The van der Waals surface area contributed by atoms with Crippen LogP contribution in [0.1, 0.15) is 11.7 Å². The molecule has 6 nitrogen and oxygen atoms in total. The van der Waals surface area contributed by atoms with Crippen molar-refractivity contribution in [3.05, 3.63) is 47.7 Å². The molecule has 9 heteroatoms. The first-order valence-corrected chi connectivity index (χ1v) is 5.52. The minimum atomic E-state index is -5.17. The molecule has 0 saturated carbocycles. The molecule has 0 saturated heterocycles. The summed E-state index contributed by atoms with van der Waals surface area (Å²) in [5, 5.41) is 11.4. The molecule has 0 radical (unpaired) electrons. The van der Waals surface area contributed by atoms with Crippen molar-refractivity contribution < 1.29 is 37.0 Å². The second-order valence-corrected chi connectivity index (χ2v) is 3.95. The quantitative estimate of drug-likeness (QED) is 0.829. The van der Waals surface area contributed by atoms with Crippen molar-refractivity contribution in [2.24, 2.45) is 0 Å². The van der Waals surface area contributed by atoms with Crippen molar-refractivity contribution in [2.45, 2.75) is 12.3 Å². The Morgan fingerprint density at radius 3 is 2.48 bits per heavy atom. The molecule has 1 unspecified atom stereocenters. The van der Waals surface area contributed by atoms with E-state index < -0.39 is 29.8 Å². The third kappa shape index (κ3) is 3.25. The Labute approximate surface area is 115 Å². The number of carbonyl (C=O) groups excluding carboxylic acids is 1. The van der Waals surface area contributed by atoms with Gasteiger partial charge in [0.05, 0.1) is 23.3 Å². The van der Waals surface area contributed by atoms with Crippen LogP contribution in [0.3, 0.4) is 0 Å². The third-order valence-electron chi connectivity index (χ3n) is 2.62. The normalized spacial score (nSPS) is 18.3. The van der Waals surface area contributed by atoms with Gasteiger partial charge in [0.25, 0.3) is 0 Å². The van der Waals surface area contributed by atoms with E-state index in [9.17, 15) is 22.8 Å². The maximum absolute atomic E-state index is 12.1.